The molecule has 2 nitrogen and oxygen atoms in total. The molecule has 9 heavy (non-hydrogen) atoms. The van der Waals surface area contributed by atoms with Gasteiger partial charge in [-0.15, -0.1) is 0 Å². The predicted octanol–water partition coefficient (Wildman–Crippen LogP) is 1.04. The van der Waals surface area contributed by atoms with Crippen LogP contribution in [0.15, 0.2) is 23.4 Å². The summed E-state index contributed by atoms with van der Waals surface area (Å²) in [5, 5.41) is 3.19. The molecule has 0 radical (unpaired) electrons. The van der Waals surface area contributed by atoms with Gasteiger partial charge in [-0.2, -0.15) is 0 Å². The lowest BCUT2D eigenvalue weighted by atomic mass is 10.5. The van der Waals surface area contributed by atoms with E-state index in [1.165, 1.54) is 6.08 Å². The zero-order valence-electron chi connectivity index (χ0n) is 5.10. The summed E-state index contributed by atoms with van der Waals surface area (Å²) in [4.78, 5) is 9.70. The van der Waals surface area contributed by atoms with Crippen molar-refractivity contribution in [3.63, 3.8) is 0 Å². The third-order valence-electron chi connectivity index (χ3n) is 0.671. The van der Waals surface area contributed by atoms with Gasteiger partial charge in [0.05, 0.1) is 0 Å². The zero-order chi connectivity index (χ0) is 7.11. The van der Waals surface area contributed by atoms with Crippen LogP contribution in [0, 0.1) is 0 Å². The maximum Gasteiger partial charge on any atom is 0.142 e. The lowest BCUT2D eigenvalue weighted by Crippen LogP contribution is -1.97. The molecule has 0 rings (SSSR count). The first kappa shape index (κ1) is 8.24. The van der Waals surface area contributed by atoms with Crippen LogP contribution < -0.4 is 5.32 Å². The number of rotatable bonds is 3. The smallest absolute Gasteiger partial charge is 0.142 e. The molecule has 1 N–H and O–H groups in total. The van der Waals surface area contributed by atoms with Crippen molar-refractivity contribution in [2.24, 2.45) is 0 Å². The molecule has 0 spiro atoms. The second-order valence-corrected chi connectivity index (χ2v) is 1.69. The van der Waals surface area contributed by atoms with Gasteiger partial charge >= 0.3 is 0 Å². The van der Waals surface area contributed by atoms with E-state index in [0.717, 1.165) is 0 Å². The van der Waals surface area contributed by atoms with Crippen molar-refractivity contribution in [1.29, 1.82) is 0 Å². The van der Waals surface area contributed by atoms with Crippen molar-refractivity contribution in [1.82, 2.24) is 5.32 Å². The largest absolute Gasteiger partial charge is 0.379 e. The number of hydrogen-bond acceptors (Lipinski definition) is 2. The van der Waals surface area contributed by atoms with Crippen LogP contribution in [-0.4, -0.2) is 13.3 Å². The van der Waals surface area contributed by atoms with E-state index in [9.17, 15) is 4.79 Å². The van der Waals surface area contributed by atoms with Gasteiger partial charge in [-0.25, -0.2) is 0 Å². The standard InChI is InChI=1S/C6H8ClNO/c1-8-6(7)4-2-3-5-9/h2-5,8H,1H3/b3-2-,6-4-. The Bertz CT molecular complexity index is 140. The summed E-state index contributed by atoms with van der Waals surface area (Å²) in [7, 11) is 1.70. The monoisotopic (exact) mass is 145 g/mol. The molecule has 0 aromatic carbocycles. The Balaban J connectivity index is 3.67. The molecule has 0 amide bonds. The Labute approximate surface area is 59.2 Å². The summed E-state index contributed by atoms with van der Waals surface area (Å²) < 4.78 is 0. The highest BCUT2D eigenvalue weighted by atomic mass is 35.5. The Kier molecular flexibility index (Phi) is 4.92. The molecule has 0 aliphatic rings. The van der Waals surface area contributed by atoms with Crippen LogP contribution in [0.3, 0.4) is 0 Å². The van der Waals surface area contributed by atoms with Gasteiger partial charge in [0, 0.05) is 7.05 Å². The maximum absolute atomic E-state index is 9.70. The fourth-order valence-electron chi connectivity index (χ4n) is 0.269. The van der Waals surface area contributed by atoms with Crippen LogP contribution in [0.2, 0.25) is 0 Å². The topological polar surface area (TPSA) is 29.1 Å². The molecule has 0 aliphatic carbocycles. The fraction of sp³-hybridized carbons (Fsp3) is 0.167. The third-order valence-corrected chi connectivity index (χ3v) is 0.986. The molecule has 0 saturated heterocycles. The van der Waals surface area contributed by atoms with Crippen LogP contribution in [0.5, 0.6) is 0 Å². The van der Waals surface area contributed by atoms with E-state index < -0.39 is 0 Å². The molecule has 50 valence electrons. The highest BCUT2D eigenvalue weighted by Crippen LogP contribution is 1.92. The minimum atomic E-state index is 0.508. The number of halogens is 1. The van der Waals surface area contributed by atoms with Gasteiger partial charge in [0.25, 0.3) is 0 Å². The molecule has 0 fully saturated rings. The van der Waals surface area contributed by atoms with E-state index in [1.54, 1.807) is 19.2 Å². The van der Waals surface area contributed by atoms with E-state index >= 15 is 0 Å². The van der Waals surface area contributed by atoms with Crippen molar-refractivity contribution in [2.75, 3.05) is 7.05 Å². The van der Waals surface area contributed by atoms with E-state index in [4.69, 9.17) is 11.6 Å². The van der Waals surface area contributed by atoms with E-state index in [-0.39, 0.29) is 0 Å². The average molecular weight is 146 g/mol. The van der Waals surface area contributed by atoms with Crippen LogP contribution in [0.25, 0.3) is 0 Å². The lowest BCUT2D eigenvalue weighted by Gasteiger charge is -1.89. The van der Waals surface area contributed by atoms with Gasteiger partial charge in [-0.05, 0) is 12.2 Å². The Morgan fingerprint density at radius 3 is 2.67 bits per heavy atom. The first-order valence-electron chi connectivity index (χ1n) is 2.46. The first-order valence-corrected chi connectivity index (χ1v) is 2.84. The first-order chi connectivity index (χ1) is 4.31. The van der Waals surface area contributed by atoms with Gasteiger partial charge in [-0.3, -0.25) is 4.79 Å². The van der Waals surface area contributed by atoms with Gasteiger partial charge in [0.15, 0.2) is 0 Å². The van der Waals surface area contributed by atoms with Crippen molar-refractivity contribution < 1.29 is 4.79 Å². The average Bonchev–Trinajstić information content (AvgIpc) is 1.89. The minimum Gasteiger partial charge on any atom is -0.379 e. The molecule has 0 aromatic rings. The summed E-state index contributed by atoms with van der Waals surface area (Å²) in [5.74, 6) is 0. The molecule has 0 heterocycles. The van der Waals surface area contributed by atoms with Crippen LogP contribution in [0.4, 0.5) is 0 Å². The van der Waals surface area contributed by atoms with E-state index in [0.29, 0.717) is 11.4 Å². The number of aldehydes is 1. The summed E-state index contributed by atoms with van der Waals surface area (Å²) in [6.45, 7) is 0. The van der Waals surface area contributed by atoms with Crippen LogP contribution in [-0.2, 0) is 4.79 Å². The van der Waals surface area contributed by atoms with Gasteiger partial charge in [-0.1, -0.05) is 17.7 Å². The molecular formula is C6H8ClNO. The maximum atomic E-state index is 9.70. The second-order valence-electron chi connectivity index (χ2n) is 1.29. The van der Waals surface area contributed by atoms with Crippen LogP contribution in [0.1, 0.15) is 0 Å². The lowest BCUT2D eigenvalue weighted by molar-refractivity contribution is -0.104. The summed E-state index contributed by atoms with van der Waals surface area (Å²) in [6.07, 6.45) is 5.21. The number of carbonyl (C=O) groups excluding carboxylic acids is 1. The van der Waals surface area contributed by atoms with Crippen LogP contribution >= 0.6 is 11.6 Å². The van der Waals surface area contributed by atoms with E-state index in [2.05, 4.69) is 5.32 Å². The van der Waals surface area contributed by atoms with Crippen molar-refractivity contribution in [3.8, 4) is 0 Å². The Morgan fingerprint density at radius 2 is 2.22 bits per heavy atom. The molecule has 3 heteroatoms. The van der Waals surface area contributed by atoms with Gasteiger partial charge in [0.2, 0.25) is 0 Å². The van der Waals surface area contributed by atoms with Crippen molar-refractivity contribution >= 4 is 17.9 Å². The normalized spacial score (nSPS) is 12.0. The minimum absolute atomic E-state index is 0.508. The molecule has 0 atom stereocenters. The molecular weight excluding hydrogens is 138 g/mol. The summed E-state index contributed by atoms with van der Waals surface area (Å²) in [6, 6.07) is 0. The molecule has 0 bridgehead atoms. The van der Waals surface area contributed by atoms with Gasteiger partial charge in [0.1, 0.15) is 11.4 Å². The molecule has 0 aliphatic heterocycles. The summed E-state index contributed by atoms with van der Waals surface area (Å²) >= 11 is 5.48. The third kappa shape index (κ3) is 5.11. The number of carbonyl (C=O) groups is 1. The summed E-state index contributed by atoms with van der Waals surface area (Å²) in [5.41, 5.74) is 0. The number of nitrogens with one attached hydrogen (secondary N) is 1. The number of allylic oxidation sites excluding steroid dienone is 3. The Morgan fingerprint density at radius 1 is 1.56 bits per heavy atom. The second kappa shape index (κ2) is 5.38. The zero-order valence-corrected chi connectivity index (χ0v) is 5.85. The van der Waals surface area contributed by atoms with E-state index in [1.807, 2.05) is 0 Å². The molecule has 0 saturated carbocycles. The predicted molar refractivity (Wildman–Crippen MR) is 38.2 cm³/mol. The fourth-order valence-corrected chi connectivity index (χ4v) is 0.341. The van der Waals surface area contributed by atoms with Gasteiger partial charge < -0.3 is 5.32 Å². The van der Waals surface area contributed by atoms with Crippen molar-refractivity contribution in [2.45, 2.75) is 0 Å². The SMILES string of the molecule is CN/C(Cl)=C\C=C/C=O. The van der Waals surface area contributed by atoms with Crippen molar-refractivity contribution in [3.05, 3.63) is 23.4 Å². The molecule has 0 unspecified atom stereocenters. The Hall–Kier alpha value is -0.760. The highest BCUT2D eigenvalue weighted by molar-refractivity contribution is 6.29. The number of hydrogen-bond donors (Lipinski definition) is 1. The highest BCUT2D eigenvalue weighted by Gasteiger charge is 1.77. The quantitative estimate of drug-likeness (QED) is 0.278. The molecule has 0 aromatic heterocycles.